The van der Waals surface area contributed by atoms with E-state index in [0.29, 0.717) is 35.0 Å². The minimum atomic E-state index is -0.728. The van der Waals surface area contributed by atoms with Gasteiger partial charge in [0.05, 0.1) is 11.1 Å². The van der Waals surface area contributed by atoms with Crippen LogP contribution in [0.2, 0.25) is 5.02 Å². The van der Waals surface area contributed by atoms with Gasteiger partial charge < -0.3 is 15.3 Å². The maximum Gasteiger partial charge on any atom is 1.00 e. The minimum absolute atomic E-state index is 0. The standard InChI is InChI=1S/C35H45ClFN7O2.K/c1-7-34(5,6)25-14-18-35(19-15-25)39-30(24-12-13-27(37)26(36)20-24)32(46)44(35)28(16-17-33(2,3)4)22-8-10-23(11-9-22)31(45)38-21-29-40-42-43-41-29;/h8-13,20,25,28H,7,14-19,21H2,1-6H3,(H2,38,40,41,42,43,45);/q;+1/p-1/t25?,28-,35?;/m1./s1. The van der Waals surface area contributed by atoms with Crippen LogP contribution in [-0.4, -0.2) is 43.6 Å². The summed E-state index contributed by atoms with van der Waals surface area (Å²) in [6.07, 6.45) is 6.05. The van der Waals surface area contributed by atoms with Crippen LogP contribution in [0.1, 0.15) is 120 Å². The normalized spacial score (nSPS) is 20.6. The predicted octanol–water partition coefficient (Wildman–Crippen LogP) is 4.08. The van der Waals surface area contributed by atoms with Crippen LogP contribution in [0.3, 0.4) is 0 Å². The van der Waals surface area contributed by atoms with Gasteiger partial charge in [-0.15, -0.1) is 0 Å². The predicted molar refractivity (Wildman–Crippen MR) is 176 cm³/mol. The molecule has 9 nitrogen and oxygen atoms in total. The Labute approximate surface area is 324 Å². The molecule has 246 valence electrons. The van der Waals surface area contributed by atoms with Crippen molar-refractivity contribution in [3.8, 4) is 0 Å². The molecule has 1 atom stereocenters. The van der Waals surface area contributed by atoms with E-state index in [9.17, 15) is 14.0 Å². The monoisotopic (exact) mass is 687 g/mol. The quantitative estimate of drug-likeness (QED) is 0.322. The van der Waals surface area contributed by atoms with Crippen molar-refractivity contribution in [3.63, 3.8) is 0 Å². The Morgan fingerprint density at radius 1 is 1.13 bits per heavy atom. The summed E-state index contributed by atoms with van der Waals surface area (Å²) >= 11 is 6.19. The molecule has 0 saturated heterocycles. The number of carbonyl (C=O) groups excluding carboxylic acids is 2. The van der Waals surface area contributed by atoms with Crippen LogP contribution in [0, 0.1) is 22.6 Å². The van der Waals surface area contributed by atoms with Crippen molar-refractivity contribution in [2.75, 3.05) is 0 Å². The second-order valence-corrected chi connectivity index (χ2v) is 15.0. The number of carbonyl (C=O) groups is 2. The van der Waals surface area contributed by atoms with Gasteiger partial charge in [0.2, 0.25) is 0 Å². The minimum Gasteiger partial charge on any atom is -0.348 e. The van der Waals surface area contributed by atoms with E-state index in [0.717, 1.165) is 44.1 Å². The van der Waals surface area contributed by atoms with E-state index in [1.165, 1.54) is 12.1 Å². The summed E-state index contributed by atoms with van der Waals surface area (Å²) in [7, 11) is 0. The second-order valence-electron chi connectivity index (χ2n) is 14.6. The Morgan fingerprint density at radius 3 is 2.38 bits per heavy atom. The zero-order chi connectivity index (χ0) is 33.3. The van der Waals surface area contributed by atoms with E-state index in [-0.39, 0.29) is 91.6 Å². The summed E-state index contributed by atoms with van der Waals surface area (Å²) < 4.78 is 14.2. The van der Waals surface area contributed by atoms with Gasteiger partial charge in [-0.1, -0.05) is 71.7 Å². The molecule has 1 aliphatic carbocycles. The third-order valence-corrected chi connectivity index (χ3v) is 10.3. The molecule has 47 heavy (non-hydrogen) atoms. The molecule has 1 spiro atoms. The molecule has 1 saturated carbocycles. The zero-order valence-corrected chi connectivity index (χ0v) is 32.5. The van der Waals surface area contributed by atoms with Gasteiger partial charge >= 0.3 is 51.4 Å². The molecule has 1 N–H and O–H groups in total. The van der Waals surface area contributed by atoms with Gasteiger partial charge in [-0.2, -0.15) is 5.21 Å². The van der Waals surface area contributed by atoms with Crippen molar-refractivity contribution in [1.82, 2.24) is 30.8 Å². The molecule has 1 aromatic heterocycles. The second kappa shape index (κ2) is 15.3. The number of hydrogen-bond acceptors (Lipinski definition) is 6. The first kappa shape index (κ1) is 37.8. The fourth-order valence-corrected chi connectivity index (χ4v) is 6.93. The van der Waals surface area contributed by atoms with Gasteiger partial charge in [-0.3, -0.25) is 24.9 Å². The number of amides is 2. The third-order valence-electron chi connectivity index (χ3n) is 9.99. The Morgan fingerprint density at radius 2 is 1.81 bits per heavy atom. The van der Waals surface area contributed by atoms with E-state index in [4.69, 9.17) is 16.6 Å². The van der Waals surface area contributed by atoms with Crippen molar-refractivity contribution in [2.24, 2.45) is 21.7 Å². The molecule has 1 fully saturated rings. The van der Waals surface area contributed by atoms with Crippen LogP contribution in [0.5, 0.6) is 0 Å². The molecule has 2 amide bonds. The van der Waals surface area contributed by atoms with Gasteiger partial charge in [0.25, 0.3) is 11.8 Å². The largest absolute Gasteiger partial charge is 1.00 e. The zero-order valence-electron chi connectivity index (χ0n) is 28.6. The fourth-order valence-electron chi connectivity index (χ4n) is 6.75. The maximum atomic E-state index is 14.6. The van der Waals surface area contributed by atoms with Gasteiger partial charge in [0.15, 0.2) is 0 Å². The van der Waals surface area contributed by atoms with E-state index < -0.39 is 11.5 Å². The number of halogens is 2. The summed E-state index contributed by atoms with van der Waals surface area (Å²) in [5.41, 5.74) is 1.75. The van der Waals surface area contributed by atoms with Crippen molar-refractivity contribution in [3.05, 3.63) is 75.8 Å². The Bertz CT molecular complexity index is 1580. The van der Waals surface area contributed by atoms with Gasteiger partial charge in [0, 0.05) is 23.5 Å². The van der Waals surface area contributed by atoms with Crippen LogP contribution in [0.25, 0.3) is 0 Å². The molecule has 0 unspecified atom stereocenters. The van der Waals surface area contributed by atoms with Crippen LogP contribution < -0.4 is 61.8 Å². The SMILES string of the molecule is CCC(C)(C)C1CCC2(CC1)N=C(c1ccc(F)c(Cl)c1)C(=O)N2[C@H](CCC(C)(C)C)c1ccc(C(=O)NCc2nnn[n-]2)cc1.[K+]. The molecule has 1 aliphatic heterocycles. The Kier molecular flexibility index (Phi) is 12.3. The van der Waals surface area contributed by atoms with Crippen molar-refractivity contribution in [2.45, 2.75) is 105 Å². The van der Waals surface area contributed by atoms with Crippen LogP contribution in [0.15, 0.2) is 47.5 Å². The summed E-state index contributed by atoms with van der Waals surface area (Å²) in [6.45, 7) is 13.6. The first-order chi connectivity index (χ1) is 21.7. The molecule has 0 bridgehead atoms. The molecule has 2 aliphatic rings. The molecular formula is C35H44ClFKN7O2. The third kappa shape index (κ3) is 8.59. The van der Waals surface area contributed by atoms with E-state index >= 15 is 0 Å². The number of rotatable bonds is 10. The van der Waals surface area contributed by atoms with Gasteiger partial charge in [0.1, 0.15) is 17.2 Å². The van der Waals surface area contributed by atoms with Gasteiger partial charge in [-0.25, -0.2) is 4.39 Å². The van der Waals surface area contributed by atoms with E-state index in [2.05, 4.69) is 67.5 Å². The first-order valence-corrected chi connectivity index (χ1v) is 16.6. The van der Waals surface area contributed by atoms with Crippen LogP contribution >= 0.6 is 11.6 Å². The average Bonchev–Trinajstić information content (AvgIpc) is 3.64. The Hall–Kier alpha value is -2.02. The molecule has 2 aromatic carbocycles. The number of aliphatic imine (C=N–C) groups is 1. The van der Waals surface area contributed by atoms with Crippen molar-refractivity contribution >= 4 is 29.1 Å². The number of hydrogen-bond donors (Lipinski definition) is 1. The number of aromatic nitrogens is 4. The van der Waals surface area contributed by atoms with E-state index in [1.807, 2.05) is 17.0 Å². The number of benzene rings is 2. The molecule has 0 radical (unpaired) electrons. The molecule has 5 rings (SSSR count). The van der Waals surface area contributed by atoms with Crippen molar-refractivity contribution in [1.29, 1.82) is 0 Å². The first-order valence-electron chi connectivity index (χ1n) is 16.2. The summed E-state index contributed by atoms with van der Waals surface area (Å²) in [5.74, 6) is -0.121. The van der Waals surface area contributed by atoms with E-state index in [1.54, 1.807) is 18.2 Å². The molecule has 12 heteroatoms. The number of nitrogens with zero attached hydrogens (tertiary/aromatic N) is 6. The summed E-state index contributed by atoms with van der Waals surface area (Å²) in [5, 5.41) is 17.1. The van der Waals surface area contributed by atoms with Crippen LogP contribution in [-0.2, 0) is 11.3 Å². The Balaban J connectivity index is 0.00000500. The van der Waals surface area contributed by atoms with Crippen molar-refractivity contribution < 1.29 is 65.4 Å². The smallest absolute Gasteiger partial charge is 0.348 e. The number of tetrazole rings is 1. The summed E-state index contributed by atoms with van der Waals surface area (Å²) in [4.78, 5) is 34.7. The molecular weight excluding hydrogens is 644 g/mol. The van der Waals surface area contributed by atoms with Crippen LogP contribution in [0.4, 0.5) is 4.39 Å². The summed E-state index contributed by atoms with van der Waals surface area (Å²) in [6, 6.07) is 11.5. The maximum absolute atomic E-state index is 14.6. The number of nitrogens with one attached hydrogen (secondary N) is 1. The average molecular weight is 688 g/mol. The fraction of sp³-hybridized carbons (Fsp3) is 0.543. The van der Waals surface area contributed by atoms with Gasteiger partial charge in [-0.05, 0) is 91.2 Å². The molecule has 2 heterocycles. The topological polar surface area (TPSA) is 115 Å². The molecule has 3 aromatic rings.